The van der Waals surface area contributed by atoms with Crippen LogP contribution in [-0.4, -0.2) is 20.4 Å². The van der Waals surface area contributed by atoms with Crippen molar-refractivity contribution in [1.29, 1.82) is 0 Å². The van der Waals surface area contributed by atoms with E-state index in [1.165, 1.54) is 31.0 Å². The van der Waals surface area contributed by atoms with Crippen molar-refractivity contribution in [3.8, 4) is 0 Å². The molecule has 1 aromatic carbocycles. The maximum atomic E-state index is 12.0. The zero-order chi connectivity index (χ0) is 14.0. The second-order valence-corrected chi connectivity index (χ2v) is 6.69. The summed E-state index contributed by atoms with van der Waals surface area (Å²) in [4.78, 5) is 11.9. The first-order valence-corrected chi connectivity index (χ1v) is 7.84. The molecule has 1 aliphatic rings. The molecular weight excluding hydrogens is 264 g/mol. The maximum Gasteiger partial charge on any atom is 0.251 e. The fourth-order valence-electron chi connectivity index (χ4n) is 2.03. The first-order chi connectivity index (χ1) is 8.86. The fraction of sp³-hybridized carbons (Fsp3) is 0.462. The normalized spacial score (nSPS) is 16.9. The van der Waals surface area contributed by atoms with Crippen LogP contribution >= 0.6 is 0 Å². The highest BCUT2D eigenvalue weighted by Crippen LogP contribution is 2.33. The zero-order valence-electron chi connectivity index (χ0n) is 10.8. The van der Waals surface area contributed by atoms with Gasteiger partial charge < -0.3 is 5.32 Å². The van der Waals surface area contributed by atoms with Crippen molar-refractivity contribution in [2.45, 2.75) is 37.1 Å². The van der Waals surface area contributed by atoms with Crippen molar-refractivity contribution >= 4 is 15.9 Å². The Kier molecular flexibility index (Phi) is 3.91. The highest BCUT2D eigenvalue weighted by molar-refractivity contribution is 7.89. The zero-order valence-corrected chi connectivity index (χ0v) is 11.6. The SMILES string of the molecule is CC(CC1CC1)NC(=O)c1cccc(S(N)(=O)=O)c1. The summed E-state index contributed by atoms with van der Waals surface area (Å²) >= 11 is 0. The largest absolute Gasteiger partial charge is 0.350 e. The third-order valence-corrected chi connectivity index (χ3v) is 4.10. The van der Waals surface area contributed by atoms with Crippen molar-refractivity contribution in [2.75, 3.05) is 0 Å². The minimum atomic E-state index is -3.78. The number of hydrogen-bond donors (Lipinski definition) is 2. The highest BCUT2D eigenvalue weighted by atomic mass is 32.2. The first kappa shape index (κ1) is 14.0. The van der Waals surface area contributed by atoms with Gasteiger partial charge in [-0.3, -0.25) is 4.79 Å². The second-order valence-electron chi connectivity index (χ2n) is 5.13. The van der Waals surface area contributed by atoms with Crippen molar-refractivity contribution in [3.63, 3.8) is 0 Å². The molecule has 1 aliphatic carbocycles. The van der Waals surface area contributed by atoms with E-state index >= 15 is 0 Å². The number of nitrogens with two attached hydrogens (primary N) is 1. The van der Waals surface area contributed by atoms with E-state index < -0.39 is 10.0 Å². The van der Waals surface area contributed by atoms with Crippen LogP contribution in [0.25, 0.3) is 0 Å². The van der Waals surface area contributed by atoms with Crippen LogP contribution in [0.15, 0.2) is 29.2 Å². The molecule has 5 nitrogen and oxygen atoms in total. The molecule has 0 aliphatic heterocycles. The molecule has 0 heterocycles. The molecule has 1 saturated carbocycles. The van der Waals surface area contributed by atoms with Crippen LogP contribution in [0.4, 0.5) is 0 Å². The van der Waals surface area contributed by atoms with E-state index in [4.69, 9.17) is 5.14 Å². The number of carbonyl (C=O) groups excluding carboxylic acids is 1. The fourth-order valence-corrected chi connectivity index (χ4v) is 2.59. The Morgan fingerprint density at radius 2 is 2.16 bits per heavy atom. The minimum Gasteiger partial charge on any atom is -0.350 e. The third kappa shape index (κ3) is 4.04. The molecule has 0 bridgehead atoms. The summed E-state index contributed by atoms with van der Waals surface area (Å²) in [6, 6.07) is 5.86. The van der Waals surface area contributed by atoms with E-state index in [-0.39, 0.29) is 16.8 Å². The van der Waals surface area contributed by atoms with Crippen LogP contribution in [0.5, 0.6) is 0 Å². The Hall–Kier alpha value is -1.40. The van der Waals surface area contributed by atoms with Crippen LogP contribution in [0.1, 0.15) is 36.5 Å². The summed E-state index contributed by atoms with van der Waals surface area (Å²) in [5.41, 5.74) is 0.314. The summed E-state index contributed by atoms with van der Waals surface area (Å²) < 4.78 is 22.5. The standard InChI is InChI=1S/C13H18N2O3S/c1-9(7-10-5-6-10)15-13(16)11-3-2-4-12(8-11)19(14,17)18/h2-4,8-10H,5-7H2,1H3,(H,15,16)(H2,14,17,18). The number of carbonyl (C=O) groups is 1. The molecule has 1 aromatic rings. The van der Waals surface area contributed by atoms with E-state index in [1.54, 1.807) is 6.07 Å². The molecule has 3 N–H and O–H groups in total. The molecule has 0 radical (unpaired) electrons. The lowest BCUT2D eigenvalue weighted by molar-refractivity contribution is 0.0937. The molecule has 0 saturated heterocycles. The van der Waals surface area contributed by atoms with Gasteiger partial charge in [0.2, 0.25) is 10.0 Å². The van der Waals surface area contributed by atoms with Crippen molar-refractivity contribution in [2.24, 2.45) is 11.1 Å². The smallest absolute Gasteiger partial charge is 0.251 e. The Balaban J connectivity index is 2.06. The van der Waals surface area contributed by atoms with E-state index in [1.807, 2.05) is 6.92 Å². The predicted octanol–water partition coefficient (Wildman–Crippen LogP) is 1.25. The Bertz CT molecular complexity index is 579. The molecule has 1 unspecified atom stereocenters. The number of amides is 1. The van der Waals surface area contributed by atoms with Gasteiger partial charge in [-0.15, -0.1) is 0 Å². The van der Waals surface area contributed by atoms with Crippen LogP contribution in [-0.2, 0) is 10.0 Å². The number of nitrogens with one attached hydrogen (secondary N) is 1. The molecule has 1 fully saturated rings. The van der Waals surface area contributed by atoms with E-state index in [2.05, 4.69) is 5.32 Å². The molecule has 6 heteroatoms. The number of sulfonamides is 1. The topological polar surface area (TPSA) is 89.3 Å². The number of benzene rings is 1. The van der Waals surface area contributed by atoms with Crippen LogP contribution in [0, 0.1) is 5.92 Å². The van der Waals surface area contributed by atoms with Gasteiger partial charge in [-0.1, -0.05) is 18.9 Å². The van der Waals surface area contributed by atoms with Crippen molar-refractivity contribution in [3.05, 3.63) is 29.8 Å². The van der Waals surface area contributed by atoms with Gasteiger partial charge >= 0.3 is 0 Å². The molecule has 2 rings (SSSR count). The Morgan fingerprint density at radius 1 is 1.47 bits per heavy atom. The summed E-state index contributed by atoms with van der Waals surface area (Å²) in [6.45, 7) is 1.96. The number of hydrogen-bond acceptors (Lipinski definition) is 3. The lowest BCUT2D eigenvalue weighted by Crippen LogP contribution is -2.33. The van der Waals surface area contributed by atoms with Gasteiger partial charge in [-0.2, -0.15) is 0 Å². The summed E-state index contributed by atoms with van der Waals surface area (Å²) in [5.74, 6) is 0.463. The summed E-state index contributed by atoms with van der Waals surface area (Å²) in [5, 5.41) is 7.91. The second kappa shape index (κ2) is 5.30. The average Bonchev–Trinajstić information content (AvgIpc) is 3.11. The van der Waals surface area contributed by atoms with Gasteiger partial charge in [0, 0.05) is 11.6 Å². The van der Waals surface area contributed by atoms with Crippen molar-refractivity contribution in [1.82, 2.24) is 5.32 Å². The molecular formula is C13H18N2O3S. The van der Waals surface area contributed by atoms with Gasteiger partial charge in [0.05, 0.1) is 4.90 Å². The first-order valence-electron chi connectivity index (χ1n) is 6.30. The molecule has 0 spiro atoms. The van der Waals surface area contributed by atoms with Gasteiger partial charge in [0.25, 0.3) is 5.91 Å². The molecule has 1 atom stereocenters. The lowest BCUT2D eigenvalue weighted by atomic mass is 10.1. The third-order valence-electron chi connectivity index (χ3n) is 3.19. The molecule has 1 amide bonds. The van der Waals surface area contributed by atoms with Crippen LogP contribution < -0.4 is 10.5 Å². The van der Waals surface area contributed by atoms with Gasteiger partial charge in [-0.05, 0) is 37.5 Å². The molecule has 19 heavy (non-hydrogen) atoms. The maximum absolute atomic E-state index is 12.0. The van der Waals surface area contributed by atoms with Gasteiger partial charge in [0.15, 0.2) is 0 Å². The number of rotatable bonds is 5. The predicted molar refractivity (Wildman–Crippen MR) is 72.1 cm³/mol. The molecule has 0 aromatic heterocycles. The van der Waals surface area contributed by atoms with Crippen LogP contribution in [0.3, 0.4) is 0 Å². The van der Waals surface area contributed by atoms with Gasteiger partial charge in [-0.25, -0.2) is 13.6 Å². The lowest BCUT2D eigenvalue weighted by Gasteiger charge is -2.13. The number of primary sulfonamides is 1. The summed E-state index contributed by atoms with van der Waals surface area (Å²) in [6.07, 6.45) is 3.45. The molecule has 104 valence electrons. The monoisotopic (exact) mass is 282 g/mol. The highest BCUT2D eigenvalue weighted by Gasteiger charge is 2.24. The quantitative estimate of drug-likeness (QED) is 0.851. The van der Waals surface area contributed by atoms with E-state index in [0.29, 0.717) is 5.56 Å². The van der Waals surface area contributed by atoms with E-state index in [0.717, 1.165) is 12.3 Å². The van der Waals surface area contributed by atoms with E-state index in [9.17, 15) is 13.2 Å². The minimum absolute atomic E-state index is 0.0463. The average molecular weight is 282 g/mol. The van der Waals surface area contributed by atoms with Crippen LogP contribution in [0.2, 0.25) is 0 Å². The van der Waals surface area contributed by atoms with Crippen molar-refractivity contribution < 1.29 is 13.2 Å². The Morgan fingerprint density at radius 3 is 2.74 bits per heavy atom. The Labute approximate surface area is 113 Å². The summed E-state index contributed by atoms with van der Waals surface area (Å²) in [7, 11) is -3.78. The van der Waals surface area contributed by atoms with Gasteiger partial charge in [0.1, 0.15) is 0 Å².